The second-order valence-electron chi connectivity index (χ2n) is 4.90. The highest BCUT2D eigenvalue weighted by atomic mass is 35.5. The highest BCUT2D eigenvalue weighted by Crippen LogP contribution is 2.35. The number of fused-ring (bicyclic) bond motifs is 1. The summed E-state index contributed by atoms with van der Waals surface area (Å²) in [5.74, 6) is -0.409. The molecule has 0 fully saturated rings. The van der Waals surface area contributed by atoms with Crippen LogP contribution < -0.4 is 5.32 Å². The number of carbonyl (C=O) groups excluding carboxylic acids is 1. The van der Waals surface area contributed by atoms with Gasteiger partial charge in [-0.3, -0.25) is 20.2 Å². The van der Waals surface area contributed by atoms with Gasteiger partial charge >= 0.3 is 0 Å². The van der Waals surface area contributed by atoms with Crippen LogP contribution in [0.15, 0.2) is 42.5 Å². The Hall–Kier alpha value is -2.48. The molecule has 0 aliphatic carbocycles. The number of nitrogens with zero attached hydrogens (tertiary/aromatic N) is 2. The summed E-state index contributed by atoms with van der Waals surface area (Å²) < 4.78 is 0.798. The molecule has 0 saturated carbocycles. The Balaban J connectivity index is 1.75. The largest absolute Gasteiger partial charge is 0.298 e. The van der Waals surface area contributed by atoms with Gasteiger partial charge in [0.1, 0.15) is 5.52 Å². The number of nitrogens with one attached hydrogen (secondary N) is 1. The van der Waals surface area contributed by atoms with Crippen LogP contribution in [0.25, 0.3) is 16.3 Å². The molecule has 0 spiro atoms. The molecule has 1 N–H and O–H groups in total. The van der Waals surface area contributed by atoms with Crippen LogP contribution in [0.5, 0.6) is 0 Å². The maximum absolute atomic E-state index is 12.0. The van der Waals surface area contributed by atoms with E-state index in [0.717, 1.165) is 4.70 Å². The van der Waals surface area contributed by atoms with Gasteiger partial charge in [0.25, 0.3) is 5.69 Å². The lowest BCUT2D eigenvalue weighted by molar-refractivity contribution is -0.384. The number of carbonyl (C=O) groups is 1. The highest BCUT2D eigenvalue weighted by Gasteiger charge is 2.11. The van der Waals surface area contributed by atoms with Crippen LogP contribution in [-0.4, -0.2) is 15.8 Å². The average molecular weight is 394 g/mol. The number of benzene rings is 2. The van der Waals surface area contributed by atoms with E-state index in [2.05, 4.69) is 10.3 Å². The monoisotopic (exact) mass is 393 g/mol. The minimum Gasteiger partial charge on any atom is -0.298 e. The number of rotatable bonds is 4. The van der Waals surface area contributed by atoms with Crippen LogP contribution in [0.1, 0.15) is 5.56 Å². The Morgan fingerprint density at radius 2 is 2.08 bits per heavy atom. The number of anilines is 1. The van der Waals surface area contributed by atoms with Gasteiger partial charge < -0.3 is 0 Å². The number of amides is 1. The topological polar surface area (TPSA) is 85.1 Å². The Bertz CT molecular complexity index is 1020. The number of thiazole rings is 1. The summed E-state index contributed by atoms with van der Waals surface area (Å²) in [6, 6.07) is 9.41. The van der Waals surface area contributed by atoms with Crippen LogP contribution in [0.3, 0.4) is 0 Å². The van der Waals surface area contributed by atoms with Crippen molar-refractivity contribution in [2.45, 2.75) is 0 Å². The zero-order chi connectivity index (χ0) is 18.0. The van der Waals surface area contributed by atoms with E-state index in [4.69, 9.17) is 23.2 Å². The van der Waals surface area contributed by atoms with E-state index in [0.29, 0.717) is 26.3 Å². The number of nitro groups is 1. The molecule has 0 bridgehead atoms. The van der Waals surface area contributed by atoms with Crippen molar-refractivity contribution in [2.24, 2.45) is 0 Å². The van der Waals surface area contributed by atoms with E-state index >= 15 is 0 Å². The standard InChI is InChI=1S/C16H9Cl2N3O3S/c17-11-5-6-12-15(14(11)18)20-16(25-12)19-13(22)7-4-9-2-1-3-10(8-9)21(23)24/h1-8H,(H,19,20,22)/b7-4+. The average Bonchev–Trinajstić information content (AvgIpc) is 3.00. The molecule has 0 aliphatic heterocycles. The molecule has 126 valence electrons. The molecule has 6 nitrogen and oxygen atoms in total. The van der Waals surface area contributed by atoms with Gasteiger partial charge in [-0.25, -0.2) is 4.98 Å². The van der Waals surface area contributed by atoms with Gasteiger partial charge in [0.05, 0.1) is 19.7 Å². The molecule has 25 heavy (non-hydrogen) atoms. The molecular weight excluding hydrogens is 385 g/mol. The quantitative estimate of drug-likeness (QED) is 0.376. The fourth-order valence-corrected chi connectivity index (χ4v) is 3.34. The third-order valence-corrected chi connectivity index (χ3v) is 4.92. The maximum atomic E-state index is 12.0. The Morgan fingerprint density at radius 3 is 2.84 bits per heavy atom. The normalized spacial score (nSPS) is 11.1. The minimum absolute atomic E-state index is 0.0414. The van der Waals surface area contributed by atoms with E-state index in [1.807, 2.05) is 0 Å². The summed E-state index contributed by atoms with van der Waals surface area (Å²) in [7, 11) is 0. The van der Waals surface area contributed by atoms with Gasteiger partial charge in [0.2, 0.25) is 5.91 Å². The van der Waals surface area contributed by atoms with E-state index in [-0.39, 0.29) is 5.69 Å². The summed E-state index contributed by atoms with van der Waals surface area (Å²) in [5.41, 5.74) is 1.03. The van der Waals surface area contributed by atoms with E-state index in [1.165, 1.54) is 35.6 Å². The van der Waals surface area contributed by atoms with Crippen molar-refractivity contribution in [2.75, 3.05) is 5.32 Å². The van der Waals surface area contributed by atoms with E-state index < -0.39 is 10.8 Å². The summed E-state index contributed by atoms with van der Waals surface area (Å²) >= 11 is 13.3. The lowest BCUT2D eigenvalue weighted by Gasteiger charge is -1.96. The number of halogens is 2. The summed E-state index contributed by atoms with van der Waals surface area (Å²) in [4.78, 5) is 26.5. The van der Waals surface area contributed by atoms with Crippen LogP contribution in [0.2, 0.25) is 10.0 Å². The molecule has 3 rings (SSSR count). The number of aromatic nitrogens is 1. The van der Waals surface area contributed by atoms with Crippen LogP contribution in [0, 0.1) is 10.1 Å². The number of hydrogen-bond donors (Lipinski definition) is 1. The third kappa shape index (κ3) is 3.96. The third-order valence-electron chi connectivity index (χ3n) is 3.19. The van der Waals surface area contributed by atoms with Crippen molar-refractivity contribution in [3.05, 3.63) is 68.2 Å². The second kappa shape index (κ2) is 7.18. The smallest absolute Gasteiger partial charge is 0.270 e. The fraction of sp³-hybridized carbons (Fsp3) is 0. The van der Waals surface area contributed by atoms with Gasteiger partial charge in [0, 0.05) is 18.2 Å². The highest BCUT2D eigenvalue weighted by molar-refractivity contribution is 7.22. The summed E-state index contributed by atoms with van der Waals surface area (Å²) in [6.07, 6.45) is 2.76. The molecule has 0 unspecified atom stereocenters. The molecule has 9 heteroatoms. The first-order valence-electron chi connectivity index (χ1n) is 6.92. The molecule has 3 aromatic rings. The second-order valence-corrected chi connectivity index (χ2v) is 6.72. The van der Waals surface area contributed by atoms with Crippen molar-refractivity contribution < 1.29 is 9.72 Å². The molecule has 0 saturated heterocycles. The lowest BCUT2D eigenvalue weighted by Crippen LogP contribution is -2.07. The van der Waals surface area contributed by atoms with Gasteiger partial charge in [-0.2, -0.15) is 0 Å². The summed E-state index contributed by atoms with van der Waals surface area (Å²) in [5, 5.41) is 14.5. The SMILES string of the molecule is O=C(/C=C/c1cccc([N+](=O)[O-])c1)Nc1nc2c(Cl)c(Cl)ccc2s1. The molecule has 0 atom stereocenters. The molecular formula is C16H9Cl2N3O3S. The van der Waals surface area contributed by atoms with Gasteiger partial charge in [-0.1, -0.05) is 46.7 Å². The predicted molar refractivity (Wildman–Crippen MR) is 100 cm³/mol. The Morgan fingerprint density at radius 1 is 1.28 bits per heavy atom. The van der Waals surface area contributed by atoms with Crippen molar-refractivity contribution in [3.63, 3.8) is 0 Å². The Kier molecular flexibility index (Phi) is 4.98. The fourth-order valence-electron chi connectivity index (χ4n) is 2.05. The molecule has 0 radical (unpaired) electrons. The lowest BCUT2D eigenvalue weighted by atomic mass is 10.2. The van der Waals surface area contributed by atoms with Crippen molar-refractivity contribution in [1.29, 1.82) is 0 Å². The molecule has 0 aliphatic rings. The number of nitro benzene ring substituents is 1. The van der Waals surface area contributed by atoms with E-state index in [1.54, 1.807) is 24.3 Å². The first-order chi connectivity index (χ1) is 11.9. The first-order valence-corrected chi connectivity index (χ1v) is 8.49. The molecule has 2 aromatic carbocycles. The van der Waals surface area contributed by atoms with Crippen molar-refractivity contribution in [1.82, 2.24) is 4.98 Å². The van der Waals surface area contributed by atoms with Gasteiger partial charge in [-0.05, 0) is 23.8 Å². The zero-order valence-electron chi connectivity index (χ0n) is 12.4. The summed E-state index contributed by atoms with van der Waals surface area (Å²) in [6.45, 7) is 0. The maximum Gasteiger partial charge on any atom is 0.270 e. The number of hydrogen-bond acceptors (Lipinski definition) is 5. The van der Waals surface area contributed by atoms with E-state index in [9.17, 15) is 14.9 Å². The molecule has 1 amide bonds. The van der Waals surface area contributed by atoms with Crippen LogP contribution >= 0.6 is 34.5 Å². The van der Waals surface area contributed by atoms with Gasteiger partial charge in [-0.15, -0.1) is 0 Å². The van der Waals surface area contributed by atoms with Crippen LogP contribution in [-0.2, 0) is 4.79 Å². The molecule has 1 heterocycles. The van der Waals surface area contributed by atoms with Crippen LogP contribution in [0.4, 0.5) is 10.8 Å². The molecule has 1 aromatic heterocycles. The van der Waals surface area contributed by atoms with Crippen molar-refractivity contribution >= 4 is 67.6 Å². The first kappa shape index (κ1) is 17.3. The Labute approximate surface area is 155 Å². The zero-order valence-corrected chi connectivity index (χ0v) is 14.7. The van der Waals surface area contributed by atoms with Gasteiger partial charge in [0.15, 0.2) is 5.13 Å². The minimum atomic E-state index is -0.493. The van der Waals surface area contributed by atoms with Crippen molar-refractivity contribution in [3.8, 4) is 0 Å². The number of non-ortho nitro benzene ring substituents is 1. The predicted octanol–water partition coefficient (Wildman–Crippen LogP) is 5.16.